The van der Waals surface area contributed by atoms with Crippen LogP contribution in [0.1, 0.15) is 112 Å². The largest absolute Gasteiger partial charge is 0.456 e. The molecule has 0 bridgehead atoms. The number of hydrogen-bond donors (Lipinski definition) is 0. The smallest absolute Gasteiger partial charge is 0.252 e. The molecule has 0 saturated heterocycles. The Morgan fingerprint density at radius 1 is 0.368 bits per heavy atom. The zero-order chi connectivity index (χ0) is 58.6. The molecule has 12 aromatic rings. The summed E-state index contributed by atoms with van der Waals surface area (Å²) < 4.78 is 14.1. The van der Waals surface area contributed by atoms with E-state index in [9.17, 15) is 0 Å². The van der Waals surface area contributed by atoms with Gasteiger partial charge in [-0.25, -0.2) is 0 Å². The molecule has 4 aliphatic heterocycles. The molecule has 426 valence electrons. The average molecular weight is 1130 g/mol. The maximum absolute atomic E-state index is 7.26. The predicted octanol–water partition coefficient (Wildman–Crippen LogP) is 20.0. The molecular formula is C80H71BN4O2. The summed E-state index contributed by atoms with van der Waals surface area (Å²) in [6.45, 7) is 19.5. The number of rotatable bonds is 5. The van der Waals surface area contributed by atoms with E-state index in [1.165, 1.54) is 133 Å². The molecule has 2 fully saturated rings. The van der Waals surface area contributed by atoms with Gasteiger partial charge in [-0.15, -0.1) is 0 Å². The lowest BCUT2D eigenvalue weighted by molar-refractivity contribution is 0.194. The Bertz CT molecular complexity index is 4960. The molecule has 7 heteroatoms. The van der Waals surface area contributed by atoms with Crippen molar-refractivity contribution in [3.05, 3.63) is 221 Å². The van der Waals surface area contributed by atoms with Crippen LogP contribution >= 0.6 is 0 Å². The van der Waals surface area contributed by atoms with Crippen LogP contribution in [0.15, 0.2) is 197 Å². The first-order chi connectivity index (χ1) is 42.2. The average Bonchev–Trinajstić information content (AvgIpc) is 1.72. The van der Waals surface area contributed by atoms with Crippen molar-refractivity contribution in [2.75, 3.05) is 19.6 Å². The van der Waals surface area contributed by atoms with Gasteiger partial charge in [-0.3, -0.25) is 0 Å². The van der Waals surface area contributed by atoms with E-state index < -0.39 is 0 Å². The quantitative estimate of drug-likeness (QED) is 0.160. The van der Waals surface area contributed by atoms with Gasteiger partial charge in [0.1, 0.15) is 16.7 Å². The molecule has 0 amide bonds. The lowest BCUT2D eigenvalue weighted by Gasteiger charge is -2.51. The van der Waals surface area contributed by atoms with Crippen molar-refractivity contribution in [1.29, 1.82) is 0 Å². The molecule has 6 heterocycles. The number of para-hydroxylation sites is 3. The highest BCUT2D eigenvalue weighted by molar-refractivity contribution is 7.00. The first kappa shape index (κ1) is 51.3. The first-order valence-corrected chi connectivity index (χ1v) is 32.0. The van der Waals surface area contributed by atoms with E-state index in [0.29, 0.717) is 0 Å². The topological polar surface area (TPSA) is 39.2 Å². The minimum Gasteiger partial charge on any atom is -0.456 e. The fraction of sp³-hybridized carbons (Fsp3) is 0.250. The molecule has 4 atom stereocenters. The van der Waals surface area contributed by atoms with Crippen molar-refractivity contribution in [1.82, 2.24) is 0 Å². The van der Waals surface area contributed by atoms with Crippen LogP contribution in [-0.4, -0.2) is 17.8 Å². The van der Waals surface area contributed by atoms with Crippen LogP contribution in [0.2, 0.25) is 0 Å². The molecule has 18 rings (SSSR count). The molecule has 6 nitrogen and oxygen atoms in total. The van der Waals surface area contributed by atoms with Crippen LogP contribution in [0, 0.1) is 27.7 Å². The van der Waals surface area contributed by atoms with Gasteiger partial charge >= 0.3 is 0 Å². The van der Waals surface area contributed by atoms with Crippen LogP contribution in [0.25, 0.3) is 55.0 Å². The zero-order valence-electron chi connectivity index (χ0n) is 51.2. The minimum atomic E-state index is -0.216. The van der Waals surface area contributed by atoms with E-state index in [-0.39, 0.29) is 28.6 Å². The molecule has 10 aromatic carbocycles. The van der Waals surface area contributed by atoms with E-state index in [1.54, 1.807) is 0 Å². The fourth-order valence-electron chi connectivity index (χ4n) is 18.9. The van der Waals surface area contributed by atoms with Crippen LogP contribution < -0.4 is 36.0 Å². The van der Waals surface area contributed by atoms with Crippen molar-refractivity contribution in [3.63, 3.8) is 0 Å². The van der Waals surface area contributed by atoms with Crippen molar-refractivity contribution in [2.24, 2.45) is 0 Å². The number of fused-ring (bicyclic) bond motifs is 16. The van der Waals surface area contributed by atoms with E-state index in [0.717, 1.165) is 80.2 Å². The Labute approximate surface area is 510 Å². The van der Waals surface area contributed by atoms with Crippen LogP contribution in [0.3, 0.4) is 0 Å². The summed E-state index contributed by atoms with van der Waals surface area (Å²) in [4.78, 5) is 10.9. The third-order valence-electron chi connectivity index (χ3n) is 23.0. The highest BCUT2D eigenvalue weighted by Crippen LogP contribution is 2.65. The Kier molecular flexibility index (Phi) is 10.5. The fourth-order valence-corrected chi connectivity index (χ4v) is 18.9. The van der Waals surface area contributed by atoms with E-state index in [2.05, 4.69) is 263 Å². The molecule has 2 saturated carbocycles. The summed E-state index contributed by atoms with van der Waals surface area (Å²) in [5.74, 6) is 0. The van der Waals surface area contributed by atoms with Gasteiger partial charge < -0.3 is 28.4 Å². The molecule has 87 heavy (non-hydrogen) atoms. The number of aryl methyl sites for hydroxylation is 4. The predicted molar refractivity (Wildman–Crippen MR) is 365 cm³/mol. The monoisotopic (exact) mass is 1130 g/mol. The standard InChI is InChI=1S/C80H71BN4O2/c1-48-39-50(3)73-66(41-48)84(79(7)37-18-16-35-77(73,79)5)55-31-33-61-65(44-55)83(64-26-20-25-60-58-24-13-15-28-71(58)87-76(60)64)69-46-56(85-67-42-49(2)40-51(4)74(67)78(6)36-17-19-38-80(78,85)8)45-68-75(69)81(61)62-43-53(52-21-10-9-11-22-52)29-34-63(62)82(68)54-30-32-59-57-23-12-14-27-70(57)86-72(59)47-54/h9-15,20-34,39-47H,16-19,35-38H2,1-8H3. The lowest BCUT2D eigenvalue weighted by Crippen LogP contribution is -2.61. The molecule has 6 aliphatic rings. The van der Waals surface area contributed by atoms with Gasteiger partial charge in [0.2, 0.25) is 0 Å². The van der Waals surface area contributed by atoms with Crippen molar-refractivity contribution in [2.45, 2.75) is 129 Å². The highest BCUT2D eigenvalue weighted by atomic mass is 16.3. The molecule has 0 radical (unpaired) electrons. The third kappa shape index (κ3) is 6.73. The Balaban J connectivity index is 0.983. The highest BCUT2D eigenvalue weighted by Gasteiger charge is 2.60. The molecule has 2 aliphatic carbocycles. The zero-order valence-corrected chi connectivity index (χ0v) is 51.2. The van der Waals surface area contributed by atoms with Gasteiger partial charge in [-0.1, -0.05) is 149 Å². The molecule has 2 aromatic heterocycles. The first-order valence-electron chi connectivity index (χ1n) is 32.0. The molecular weight excluding hydrogens is 1060 g/mol. The summed E-state index contributed by atoms with van der Waals surface area (Å²) in [6.07, 6.45) is 9.36. The van der Waals surface area contributed by atoms with Crippen LogP contribution in [-0.2, 0) is 10.8 Å². The van der Waals surface area contributed by atoms with Gasteiger partial charge in [0.15, 0.2) is 5.58 Å². The Morgan fingerprint density at radius 3 is 1.62 bits per heavy atom. The van der Waals surface area contributed by atoms with Crippen molar-refractivity contribution < 1.29 is 8.83 Å². The summed E-state index contributed by atoms with van der Waals surface area (Å²) >= 11 is 0. The van der Waals surface area contributed by atoms with E-state index in [1.807, 2.05) is 0 Å². The van der Waals surface area contributed by atoms with Crippen LogP contribution in [0.5, 0.6) is 0 Å². The second kappa shape index (κ2) is 17.8. The van der Waals surface area contributed by atoms with E-state index in [4.69, 9.17) is 8.83 Å². The van der Waals surface area contributed by atoms with Gasteiger partial charge in [0.25, 0.3) is 6.71 Å². The molecule has 4 unspecified atom stereocenters. The van der Waals surface area contributed by atoms with Gasteiger partial charge in [-0.05, 0) is 201 Å². The Morgan fingerprint density at radius 2 is 0.931 bits per heavy atom. The number of hydrogen-bond acceptors (Lipinski definition) is 6. The summed E-state index contributed by atoms with van der Waals surface area (Å²) in [7, 11) is 0. The molecule has 0 spiro atoms. The maximum atomic E-state index is 7.26. The SMILES string of the molecule is Cc1cc(C)c2c(c1)N(c1ccc3c(c1)N(c1cccc4c1oc1ccccc14)c1cc(N4c5cc(C)cc(C)c5C5(C)CCCCC45C)cc4c1B3c1cc(-c3ccccc3)ccc1N4c1ccc3c(c1)oc1ccccc13)C1(C)CCCCC21C. The summed E-state index contributed by atoms with van der Waals surface area (Å²) in [5, 5.41) is 4.48. The van der Waals surface area contributed by atoms with Crippen molar-refractivity contribution >= 4 is 124 Å². The van der Waals surface area contributed by atoms with Gasteiger partial charge in [0, 0.05) is 89.6 Å². The molecule has 0 N–H and O–H groups in total. The van der Waals surface area contributed by atoms with E-state index >= 15 is 0 Å². The third-order valence-corrected chi connectivity index (χ3v) is 23.0. The van der Waals surface area contributed by atoms with Crippen molar-refractivity contribution in [3.8, 4) is 11.1 Å². The van der Waals surface area contributed by atoms with Crippen LogP contribution in [0.4, 0.5) is 56.9 Å². The number of nitrogens with zero attached hydrogens (tertiary/aromatic N) is 4. The Hall–Kier alpha value is -8.94. The summed E-state index contributed by atoms with van der Waals surface area (Å²) in [6, 6.07) is 71.8. The maximum Gasteiger partial charge on any atom is 0.252 e. The second-order valence-electron chi connectivity index (χ2n) is 27.7. The number of anilines is 10. The normalized spacial score (nSPS) is 22.4. The number of benzene rings is 10. The second-order valence-corrected chi connectivity index (χ2v) is 27.7. The summed E-state index contributed by atoms with van der Waals surface area (Å²) in [5.41, 5.74) is 29.6. The van der Waals surface area contributed by atoms with Gasteiger partial charge in [-0.2, -0.15) is 0 Å². The van der Waals surface area contributed by atoms with Gasteiger partial charge in [0.05, 0.1) is 16.8 Å². The minimum absolute atomic E-state index is 0.0261. The number of furan rings is 2. The lowest BCUT2D eigenvalue weighted by atomic mass is 9.33.